The first-order valence-electron chi connectivity index (χ1n) is 7.55. The first-order valence-corrected chi connectivity index (χ1v) is 8.78. The van der Waals surface area contributed by atoms with Crippen LogP contribution >= 0.6 is 35.7 Å². The van der Waals surface area contributed by atoms with E-state index in [1.54, 1.807) is 0 Å². The molecule has 0 aliphatic rings. The zero-order valence-corrected chi connectivity index (χ0v) is 18.5. The van der Waals surface area contributed by atoms with E-state index in [1.807, 2.05) is 18.8 Å². The van der Waals surface area contributed by atoms with Gasteiger partial charge in [0.1, 0.15) is 0 Å². The molecule has 1 aromatic carbocycles. The van der Waals surface area contributed by atoms with E-state index in [2.05, 4.69) is 79.8 Å². The van der Waals surface area contributed by atoms with Gasteiger partial charge in [-0.3, -0.25) is 4.99 Å². The molecule has 6 heteroatoms. The number of guanidine groups is 1. The Morgan fingerprint density at radius 2 is 1.91 bits per heavy atom. The number of rotatable bonds is 6. The normalized spacial score (nSPS) is 11.7. The van der Waals surface area contributed by atoms with Crippen molar-refractivity contribution in [2.24, 2.45) is 4.99 Å². The van der Waals surface area contributed by atoms with Gasteiger partial charge in [0.15, 0.2) is 5.96 Å². The van der Waals surface area contributed by atoms with Crippen LogP contribution in [-0.2, 0) is 6.54 Å². The Labute approximate surface area is 162 Å². The lowest BCUT2D eigenvalue weighted by atomic mass is 10.1. The average Bonchev–Trinajstić information content (AvgIpc) is 2.48. The molecule has 23 heavy (non-hydrogen) atoms. The Morgan fingerprint density at radius 3 is 2.39 bits per heavy atom. The molecule has 0 spiro atoms. The van der Waals surface area contributed by atoms with E-state index in [-0.39, 0.29) is 28.7 Å². The summed E-state index contributed by atoms with van der Waals surface area (Å²) in [6.07, 6.45) is 2.13. The Kier molecular flexibility index (Phi) is 10.00. The van der Waals surface area contributed by atoms with Crippen LogP contribution in [0, 0.1) is 6.92 Å². The van der Waals surface area contributed by atoms with Gasteiger partial charge in [-0.1, -0.05) is 6.07 Å². The minimum absolute atomic E-state index is 0. The van der Waals surface area contributed by atoms with Crippen LogP contribution < -0.4 is 15.5 Å². The van der Waals surface area contributed by atoms with Crippen LogP contribution in [0.4, 0.5) is 5.69 Å². The molecule has 0 saturated heterocycles. The van der Waals surface area contributed by atoms with Gasteiger partial charge < -0.3 is 15.5 Å². The summed E-state index contributed by atoms with van der Waals surface area (Å²) < 4.78 is 0.195. The first kappa shape index (κ1) is 22.4. The van der Waals surface area contributed by atoms with E-state index in [1.165, 1.54) is 16.8 Å². The van der Waals surface area contributed by atoms with Gasteiger partial charge in [0, 0.05) is 44.7 Å². The van der Waals surface area contributed by atoms with Crippen molar-refractivity contribution in [1.82, 2.24) is 10.6 Å². The van der Waals surface area contributed by atoms with Crippen molar-refractivity contribution in [2.75, 3.05) is 38.8 Å². The number of halogens is 1. The van der Waals surface area contributed by atoms with Crippen LogP contribution in [-0.4, -0.2) is 44.7 Å². The lowest BCUT2D eigenvalue weighted by Crippen LogP contribution is -2.43. The molecule has 0 aromatic heterocycles. The number of nitrogens with zero attached hydrogens (tertiary/aromatic N) is 2. The van der Waals surface area contributed by atoms with E-state index >= 15 is 0 Å². The highest BCUT2D eigenvalue weighted by molar-refractivity contribution is 14.0. The van der Waals surface area contributed by atoms with Gasteiger partial charge in [-0.05, 0) is 50.3 Å². The molecule has 4 nitrogen and oxygen atoms in total. The maximum Gasteiger partial charge on any atom is 0.191 e. The second kappa shape index (κ2) is 10.3. The van der Waals surface area contributed by atoms with Crippen molar-refractivity contribution in [3.05, 3.63) is 29.3 Å². The highest BCUT2D eigenvalue weighted by atomic mass is 127. The molecular weight excluding hydrogens is 419 g/mol. The van der Waals surface area contributed by atoms with Gasteiger partial charge in [-0.2, -0.15) is 11.8 Å². The fourth-order valence-corrected chi connectivity index (χ4v) is 2.14. The Bertz CT molecular complexity index is 515. The van der Waals surface area contributed by atoms with Crippen LogP contribution in [0.25, 0.3) is 0 Å². The lowest BCUT2D eigenvalue weighted by Gasteiger charge is -2.24. The molecule has 0 heterocycles. The zero-order chi connectivity index (χ0) is 16.8. The number of thioether (sulfide) groups is 1. The van der Waals surface area contributed by atoms with Crippen LogP contribution in [0.1, 0.15) is 25.0 Å². The standard InChI is InChI=1S/C17H30N4S.HI/c1-13-10-15(21(5)6)9-8-14(13)11-19-16(18-4)20-12-17(2,3)22-7;/h8-10H,11-12H2,1-7H3,(H2,18,19,20);1H. The summed E-state index contributed by atoms with van der Waals surface area (Å²) in [6.45, 7) is 8.26. The Balaban J connectivity index is 0.00000484. The summed E-state index contributed by atoms with van der Waals surface area (Å²) in [6, 6.07) is 6.54. The second-order valence-corrected chi connectivity index (χ2v) is 7.76. The number of hydrogen-bond acceptors (Lipinski definition) is 3. The topological polar surface area (TPSA) is 39.7 Å². The highest BCUT2D eigenvalue weighted by Gasteiger charge is 2.16. The van der Waals surface area contributed by atoms with E-state index in [0.717, 1.165) is 19.0 Å². The monoisotopic (exact) mass is 450 g/mol. The molecule has 0 aliphatic carbocycles. The van der Waals surface area contributed by atoms with E-state index in [9.17, 15) is 0 Å². The Hall–Kier alpha value is -0.630. The Morgan fingerprint density at radius 1 is 1.26 bits per heavy atom. The summed E-state index contributed by atoms with van der Waals surface area (Å²) in [7, 11) is 5.93. The number of anilines is 1. The van der Waals surface area contributed by atoms with Crippen molar-refractivity contribution >= 4 is 47.4 Å². The minimum Gasteiger partial charge on any atom is -0.378 e. The highest BCUT2D eigenvalue weighted by Crippen LogP contribution is 2.19. The van der Waals surface area contributed by atoms with E-state index < -0.39 is 0 Å². The van der Waals surface area contributed by atoms with Gasteiger partial charge >= 0.3 is 0 Å². The minimum atomic E-state index is 0. The number of aliphatic imine (C=N–C) groups is 1. The van der Waals surface area contributed by atoms with Crippen molar-refractivity contribution in [3.63, 3.8) is 0 Å². The fourth-order valence-electron chi connectivity index (χ4n) is 1.92. The molecule has 0 aliphatic heterocycles. The molecule has 0 fully saturated rings. The molecular formula is C17H31IN4S. The lowest BCUT2D eigenvalue weighted by molar-refractivity contribution is 0.664. The maximum atomic E-state index is 4.29. The summed E-state index contributed by atoms with van der Waals surface area (Å²) in [4.78, 5) is 6.41. The summed E-state index contributed by atoms with van der Waals surface area (Å²) in [5, 5.41) is 6.78. The molecule has 0 unspecified atom stereocenters. The third kappa shape index (κ3) is 7.65. The summed E-state index contributed by atoms with van der Waals surface area (Å²) >= 11 is 1.85. The number of benzene rings is 1. The van der Waals surface area contributed by atoms with Crippen molar-refractivity contribution in [1.29, 1.82) is 0 Å². The SMILES string of the molecule is CN=C(NCc1ccc(N(C)C)cc1C)NCC(C)(C)SC.I. The number of nitrogens with one attached hydrogen (secondary N) is 2. The molecule has 0 atom stereocenters. The number of hydrogen-bond donors (Lipinski definition) is 2. The van der Waals surface area contributed by atoms with Crippen LogP contribution in [0.3, 0.4) is 0 Å². The number of aryl methyl sites for hydroxylation is 1. The first-order chi connectivity index (χ1) is 10.3. The van der Waals surface area contributed by atoms with E-state index in [0.29, 0.717) is 0 Å². The molecule has 2 N–H and O–H groups in total. The molecule has 132 valence electrons. The molecule has 1 rings (SSSR count). The smallest absolute Gasteiger partial charge is 0.191 e. The summed E-state index contributed by atoms with van der Waals surface area (Å²) in [5.74, 6) is 0.846. The van der Waals surface area contributed by atoms with Crippen molar-refractivity contribution in [2.45, 2.75) is 32.1 Å². The maximum absolute atomic E-state index is 4.29. The largest absolute Gasteiger partial charge is 0.378 e. The third-order valence-corrected chi connectivity index (χ3v) is 5.00. The molecule has 0 amide bonds. The second-order valence-electron chi connectivity index (χ2n) is 6.25. The third-order valence-electron chi connectivity index (χ3n) is 3.75. The predicted octanol–water partition coefficient (Wildman–Crippen LogP) is 3.49. The van der Waals surface area contributed by atoms with Gasteiger partial charge in [-0.25, -0.2) is 0 Å². The van der Waals surface area contributed by atoms with Crippen molar-refractivity contribution < 1.29 is 0 Å². The van der Waals surface area contributed by atoms with Crippen LogP contribution in [0.5, 0.6) is 0 Å². The average molecular weight is 450 g/mol. The van der Waals surface area contributed by atoms with Gasteiger partial charge in [0.2, 0.25) is 0 Å². The van der Waals surface area contributed by atoms with Gasteiger partial charge in [-0.15, -0.1) is 24.0 Å². The quantitative estimate of drug-likeness (QED) is 0.396. The molecule has 0 saturated carbocycles. The molecule has 0 radical (unpaired) electrons. The summed E-state index contributed by atoms with van der Waals surface area (Å²) in [5.41, 5.74) is 3.81. The fraction of sp³-hybridized carbons (Fsp3) is 0.588. The molecule has 1 aromatic rings. The van der Waals surface area contributed by atoms with Crippen LogP contribution in [0.15, 0.2) is 23.2 Å². The zero-order valence-electron chi connectivity index (χ0n) is 15.4. The van der Waals surface area contributed by atoms with Gasteiger partial charge in [0.05, 0.1) is 0 Å². The van der Waals surface area contributed by atoms with Gasteiger partial charge in [0.25, 0.3) is 0 Å². The van der Waals surface area contributed by atoms with E-state index in [4.69, 9.17) is 0 Å². The predicted molar refractivity (Wildman–Crippen MR) is 117 cm³/mol. The van der Waals surface area contributed by atoms with Crippen molar-refractivity contribution in [3.8, 4) is 0 Å². The van der Waals surface area contributed by atoms with Crippen LogP contribution in [0.2, 0.25) is 0 Å². The molecule has 0 bridgehead atoms.